The van der Waals surface area contributed by atoms with Gasteiger partial charge in [-0.05, 0) is 16.7 Å². The molecule has 4 rings (SSSR count). The zero-order valence-electron chi connectivity index (χ0n) is 18.4. The van der Waals surface area contributed by atoms with Crippen LogP contribution >= 0.6 is 0 Å². The second kappa shape index (κ2) is 10.4. The molecule has 1 saturated heterocycles. The van der Waals surface area contributed by atoms with Crippen molar-refractivity contribution in [2.45, 2.75) is 38.3 Å². The lowest BCUT2D eigenvalue weighted by atomic mass is 10.0. The second-order valence-corrected chi connectivity index (χ2v) is 8.07. The van der Waals surface area contributed by atoms with E-state index in [1.54, 1.807) is 13.3 Å². The lowest BCUT2D eigenvalue weighted by Crippen LogP contribution is -2.46. The molecular weight excluding hydrogens is 422 g/mol. The molecule has 2 heterocycles. The summed E-state index contributed by atoms with van der Waals surface area (Å²) in [4.78, 5) is 27.1. The van der Waals surface area contributed by atoms with Gasteiger partial charge in [0.05, 0.1) is 18.9 Å². The summed E-state index contributed by atoms with van der Waals surface area (Å²) in [6.07, 6.45) is 1.09. The van der Waals surface area contributed by atoms with Gasteiger partial charge in [0.2, 0.25) is 11.8 Å². The average molecular weight is 450 g/mol. The van der Waals surface area contributed by atoms with Crippen molar-refractivity contribution in [3.05, 3.63) is 72.1 Å². The van der Waals surface area contributed by atoms with Crippen LogP contribution in [0.5, 0.6) is 0 Å². The quantitative estimate of drug-likeness (QED) is 0.538. The molecule has 0 bridgehead atoms. The number of amides is 2. The molecule has 0 radical (unpaired) electrons. The molecule has 0 saturated carbocycles. The smallest absolute Gasteiger partial charge is 0.245 e. The monoisotopic (exact) mass is 449 g/mol. The zero-order valence-corrected chi connectivity index (χ0v) is 18.4. The predicted octanol–water partition coefficient (Wildman–Crippen LogP) is 1.37. The average Bonchev–Trinajstić information content (AvgIpc) is 3.45. The van der Waals surface area contributed by atoms with Crippen molar-refractivity contribution in [2.75, 3.05) is 13.7 Å². The molecule has 2 N–H and O–H groups in total. The van der Waals surface area contributed by atoms with Gasteiger partial charge in [0.15, 0.2) is 0 Å². The molecule has 1 aliphatic rings. The number of aliphatic hydroxyl groups excluding tert-OH is 1. The van der Waals surface area contributed by atoms with Gasteiger partial charge in [0.1, 0.15) is 18.3 Å². The van der Waals surface area contributed by atoms with Crippen LogP contribution in [0, 0.1) is 0 Å². The van der Waals surface area contributed by atoms with E-state index in [1.807, 2.05) is 54.6 Å². The Balaban J connectivity index is 1.34. The van der Waals surface area contributed by atoms with E-state index in [1.165, 1.54) is 9.58 Å². The maximum absolute atomic E-state index is 12.8. The van der Waals surface area contributed by atoms with Crippen LogP contribution in [0.25, 0.3) is 11.1 Å². The fraction of sp³-hybridized carbons (Fsp3) is 0.333. The first-order chi connectivity index (χ1) is 16.0. The number of hydrogen-bond acceptors (Lipinski definition) is 6. The van der Waals surface area contributed by atoms with Crippen molar-refractivity contribution >= 4 is 11.8 Å². The Morgan fingerprint density at radius 3 is 2.58 bits per heavy atom. The minimum absolute atomic E-state index is 0.0613. The molecule has 3 aromatic rings. The van der Waals surface area contributed by atoms with Gasteiger partial charge < -0.3 is 20.1 Å². The fourth-order valence-corrected chi connectivity index (χ4v) is 3.95. The Bertz CT molecular complexity index is 1080. The van der Waals surface area contributed by atoms with E-state index in [0.29, 0.717) is 18.8 Å². The number of hydrogen-bond donors (Lipinski definition) is 2. The van der Waals surface area contributed by atoms with Gasteiger partial charge in [0.25, 0.3) is 0 Å². The summed E-state index contributed by atoms with van der Waals surface area (Å²) in [6, 6.07) is 17.3. The van der Waals surface area contributed by atoms with Crippen LogP contribution in [0.1, 0.15) is 17.7 Å². The van der Waals surface area contributed by atoms with Gasteiger partial charge in [-0.2, -0.15) is 0 Å². The number of benzene rings is 2. The molecule has 2 aromatic carbocycles. The lowest BCUT2D eigenvalue weighted by molar-refractivity contribution is -0.139. The summed E-state index contributed by atoms with van der Waals surface area (Å²) in [5, 5.41) is 20.8. The highest BCUT2D eigenvalue weighted by Gasteiger charge is 2.38. The summed E-state index contributed by atoms with van der Waals surface area (Å²) in [6.45, 7) is 0.691. The number of ether oxygens (including phenoxy) is 1. The van der Waals surface area contributed by atoms with Gasteiger partial charge in [-0.25, -0.2) is 4.68 Å². The van der Waals surface area contributed by atoms with E-state index in [4.69, 9.17) is 4.74 Å². The number of likely N-dealkylation sites (tertiary alicyclic amines) is 1. The van der Waals surface area contributed by atoms with Crippen molar-refractivity contribution in [3.63, 3.8) is 0 Å². The van der Waals surface area contributed by atoms with E-state index in [0.717, 1.165) is 16.7 Å². The predicted molar refractivity (Wildman–Crippen MR) is 121 cm³/mol. The number of nitrogens with zero attached hydrogens (tertiary/aromatic N) is 4. The summed E-state index contributed by atoms with van der Waals surface area (Å²) in [5.41, 5.74) is 3.79. The van der Waals surface area contributed by atoms with Crippen LogP contribution in [0.2, 0.25) is 0 Å². The van der Waals surface area contributed by atoms with Gasteiger partial charge in [-0.1, -0.05) is 59.8 Å². The molecule has 2 amide bonds. The van der Waals surface area contributed by atoms with Crippen molar-refractivity contribution in [1.82, 2.24) is 25.2 Å². The van der Waals surface area contributed by atoms with Gasteiger partial charge >= 0.3 is 0 Å². The minimum Gasteiger partial charge on any atom is -0.391 e. The third-order valence-corrected chi connectivity index (χ3v) is 5.61. The number of methoxy groups -OCH3 is 1. The van der Waals surface area contributed by atoms with Crippen LogP contribution in [0.15, 0.2) is 60.8 Å². The van der Waals surface area contributed by atoms with Crippen molar-refractivity contribution in [2.24, 2.45) is 0 Å². The first-order valence-electron chi connectivity index (χ1n) is 10.8. The summed E-state index contributed by atoms with van der Waals surface area (Å²) >= 11 is 0. The van der Waals surface area contributed by atoms with Gasteiger partial charge in [-0.3, -0.25) is 9.59 Å². The van der Waals surface area contributed by atoms with Crippen LogP contribution in [-0.2, 0) is 34.0 Å². The molecule has 1 unspecified atom stereocenters. The number of nitrogens with one attached hydrogen (secondary N) is 1. The first-order valence-corrected chi connectivity index (χ1v) is 10.8. The highest BCUT2D eigenvalue weighted by molar-refractivity contribution is 5.88. The normalized spacial score (nSPS) is 17.8. The molecule has 33 heavy (non-hydrogen) atoms. The molecule has 172 valence electrons. The number of rotatable bonds is 8. The van der Waals surface area contributed by atoms with E-state index < -0.39 is 12.1 Å². The largest absolute Gasteiger partial charge is 0.391 e. The Kier molecular flexibility index (Phi) is 7.11. The fourth-order valence-electron chi connectivity index (χ4n) is 3.95. The van der Waals surface area contributed by atoms with Crippen LogP contribution in [0.4, 0.5) is 0 Å². The SMILES string of the molecule is COCc1cn(CC(=O)N2C[C@H](O)CC2C(=O)NCc2ccc(-c3ccccc3)cc2)nn1. The van der Waals surface area contributed by atoms with E-state index >= 15 is 0 Å². The second-order valence-electron chi connectivity index (χ2n) is 8.07. The number of carbonyl (C=O) groups is 2. The van der Waals surface area contributed by atoms with Crippen molar-refractivity contribution in [1.29, 1.82) is 0 Å². The minimum atomic E-state index is -0.741. The summed E-state index contributed by atoms with van der Waals surface area (Å²) in [7, 11) is 1.55. The third kappa shape index (κ3) is 5.63. The molecule has 0 aliphatic carbocycles. The Morgan fingerprint density at radius 2 is 1.85 bits per heavy atom. The molecule has 1 fully saturated rings. The van der Waals surface area contributed by atoms with E-state index in [9.17, 15) is 14.7 Å². The lowest BCUT2D eigenvalue weighted by Gasteiger charge is -2.23. The summed E-state index contributed by atoms with van der Waals surface area (Å²) < 4.78 is 6.41. The molecular formula is C24H27N5O4. The van der Waals surface area contributed by atoms with E-state index in [-0.39, 0.29) is 31.3 Å². The van der Waals surface area contributed by atoms with Gasteiger partial charge in [-0.15, -0.1) is 5.10 Å². The highest BCUT2D eigenvalue weighted by Crippen LogP contribution is 2.21. The van der Waals surface area contributed by atoms with E-state index in [2.05, 4.69) is 15.6 Å². The molecule has 1 aromatic heterocycles. The van der Waals surface area contributed by atoms with Crippen LogP contribution < -0.4 is 5.32 Å². The zero-order chi connectivity index (χ0) is 23.2. The van der Waals surface area contributed by atoms with Crippen molar-refractivity contribution < 1.29 is 19.4 Å². The van der Waals surface area contributed by atoms with Crippen LogP contribution in [-0.4, -0.2) is 62.6 Å². The first kappa shape index (κ1) is 22.6. The Morgan fingerprint density at radius 1 is 1.12 bits per heavy atom. The van der Waals surface area contributed by atoms with Crippen LogP contribution in [0.3, 0.4) is 0 Å². The Hall–Kier alpha value is -3.56. The van der Waals surface area contributed by atoms with Crippen molar-refractivity contribution in [3.8, 4) is 11.1 Å². The number of aromatic nitrogens is 3. The topological polar surface area (TPSA) is 110 Å². The Labute approximate surface area is 192 Å². The number of β-amino-alcohol motifs (C(OH)–C–C–N with tert-alkyl or cyclic N) is 1. The molecule has 1 aliphatic heterocycles. The number of carbonyl (C=O) groups excluding carboxylic acids is 2. The molecule has 9 heteroatoms. The number of aliphatic hydroxyl groups is 1. The standard InChI is InChI=1S/C24H27N5O4/c1-33-16-20-13-28(27-26-20)15-23(31)29-14-21(30)11-22(29)24(32)25-12-17-7-9-19(10-8-17)18-5-3-2-4-6-18/h2-10,13,21-22,30H,11-12,14-16H2,1H3,(H,25,32)/t21-,22?/m1/s1. The maximum Gasteiger partial charge on any atom is 0.245 e. The highest BCUT2D eigenvalue weighted by atomic mass is 16.5. The van der Waals surface area contributed by atoms with Gasteiger partial charge in [0, 0.05) is 26.6 Å². The molecule has 0 spiro atoms. The maximum atomic E-state index is 12.8. The molecule has 2 atom stereocenters. The molecule has 9 nitrogen and oxygen atoms in total. The third-order valence-electron chi connectivity index (χ3n) is 5.61. The summed E-state index contributed by atoms with van der Waals surface area (Å²) in [5.74, 6) is -0.585.